The molecule has 0 spiro atoms. The van der Waals surface area contributed by atoms with Crippen LogP contribution in [0.4, 0.5) is 8.78 Å². The van der Waals surface area contributed by atoms with Crippen LogP contribution in [0.25, 0.3) is 11.1 Å². The number of rotatable bonds is 6. The Morgan fingerprint density at radius 2 is 1.97 bits per heavy atom. The van der Waals surface area contributed by atoms with Crippen molar-refractivity contribution in [1.29, 1.82) is 0 Å². The Bertz CT molecular complexity index is 1040. The standard InChI is InChI=1S/C25H25F2N3O/c26-22-8-9-23(24(27)13-22)20-6-1-4-18(12-20)16-30-11-3-7-21(17-30)25(31)29-15-19-5-2-10-28-14-19/h1-2,4-6,8-10,12-14,21H,3,7,11,15-17H2,(H,29,31). The zero-order valence-electron chi connectivity index (χ0n) is 17.2. The summed E-state index contributed by atoms with van der Waals surface area (Å²) in [6.45, 7) is 2.77. The van der Waals surface area contributed by atoms with Gasteiger partial charge in [0.15, 0.2) is 0 Å². The summed E-state index contributed by atoms with van der Waals surface area (Å²) in [5, 5.41) is 3.02. The predicted octanol–water partition coefficient (Wildman–Crippen LogP) is 4.56. The van der Waals surface area contributed by atoms with Crippen LogP contribution in [0.3, 0.4) is 0 Å². The lowest BCUT2D eigenvalue weighted by atomic mass is 9.96. The second-order valence-electron chi connectivity index (χ2n) is 7.98. The van der Waals surface area contributed by atoms with Crippen molar-refractivity contribution in [2.75, 3.05) is 13.1 Å². The van der Waals surface area contributed by atoms with E-state index in [2.05, 4.69) is 15.2 Å². The summed E-state index contributed by atoms with van der Waals surface area (Å²) in [5.41, 5.74) is 3.12. The van der Waals surface area contributed by atoms with Gasteiger partial charge in [0, 0.05) is 43.7 Å². The number of hydrogen-bond acceptors (Lipinski definition) is 3. The number of halogens is 2. The number of amides is 1. The van der Waals surface area contributed by atoms with E-state index in [1.165, 1.54) is 12.1 Å². The Morgan fingerprint density at radius 1 is 1.10 bits per heavy atom. The maximum absolute atomic E-state index is 14.2. The maximum Gasteiger partial charge on any atom is 0.224 e. The van der Waals surface area contributed by atoms with Crippen molar-refractivity contribution in [3.8, 4) is 11.1 Å². The van der Waals surface area contributed by atoms with Crippen molar-refractivity contribution in [1.82, 2.24) is 15.2 Å². The fourth-order valence-corrected chi connectivity index (χ4v) is 4.07. The van der Waals surface area contributed by atoms with Gasteiger partial charge in [-0.25, -0.2) is 8.78 Å². The van der Waals surface area contributed by atoms with Crippen LogP contribution in [0.5, 0.6) is 0 Å². The number of hydrogen-bond donors (Lipinski definition) is 1. The number of benzene rings is 2. The molecule has 2 heterocycles. The Balaban J connectivity index is 1.37. The summed E-state index contributed by atoms with van der Waals surface area (Å²) in [4.78, 5) is 19.0. The average Bonchev–Trinajstić information content (AvgIpc) is 2.78. The molecule has 0 radical (unpaired) electrons. The zero-order chi connectivity index (χ0) is 21.6. The minimum atomic E-state index is -0.585. The molecular formula is C25H25F2N3O. The number of pyridine rings is 1. The largest absolute Gasteiger partial charge is 0.352 e. The molecule has 1 aliphatic heterocycles. The van der Waals surface area contributed by atoms with E-state index in [1.54, 1.807) is 12.4 Å². The highest BCUT2D eigenvalue weighted by atomic mass is 19.1. The Kier molecular flexibility index (Phi) is 6.67. The number of piperidine rings is 1. The van der Waals surface area contributed by atoms with Gasteiger partial charge in [-0.2, -0.15) is 0 Å². The van der Waals surface area contributed by atoms with Crippen LogP contribution in [-0.2, 0) is 17.9 Å². The lowest BCUT2D eigenvalue weighted by Crippen LogP contribution is -2.42. The molecule has 0 saturated carbocycles. The number of aromatic nitrogens is 1. The fourth-order valence-electron chi connectivity index (χ4n) is 4.07. The van der Waals surface area contributed by atoms with Gasteiger partial charge >= 0.3 is 0 Å². The molecule has 4 nitrogen and oxygen atoms in total. The summed E-state index contributed by atoms with van der Waals surface area (Å²) in [6.07, 6.45) is 5.29. The molecule has 4 rings (SSSR count). The van der Waals surface area contributed by atoms with E-state index in [4.69, 9.17) is 0 Å². The van der Waals surface area contributed by atoms with E-state index < -0.39 is 11.6 Å². The minimum Gasteiger partial charge on any atom is -0.352 e. The van der Waals surface area contributed by atoms with Crippen LogP contribution in [0.15, 0.2) is 67.0 Å². The van der Waals surface area contributed by atoms with E-state index in [-0.39, 0.29) is 11.8 Å². The lowest BCUT2D eigenvalue weighted by Gasteiger charge is -2.32. The first-order valence-electron chi connectivity index (χ1n) is 10.5. The average molecular weight is 421 g/mol. The van der Waals surface area contributed by atoms with Gasteiger partial charge in [-0.1, -0.05) is 24.3 Å². The van der Waals surface area contributed by atoms with E-state index in [1.807, 2.05) is 36.4 Å². The number of nitrogens with one attached hydrogen (secondary N) is 1. The van der Waals surface area contributed by atoms with Gasteiger partial charge in [0.2, 0.25) is 5.91 Å². The van der Waals surface area contributed by atoms with E-state index in [0.717, 1.165) is 42.1 Å². The monoisotopic (exact) mass is 421 g/mol. The molecule has 1 amide bonds. The third-order valence-corrected chi connectivity index (χ3v) is 5.64. The smallest absolute Gasteiger partial charge is 0.224 e. The highest BCUT2D eigenvalue weighted by Crippen LogP contribution is 2.26. The minimum absolute atomic E-state index is 0.0526. The Labute approximate surface area is 180 Å². The van der Waals surface area contributed by atoms with Crippen molar-refractivity contribution in [2.45, 2.75) is 25.9 Å². The van der Waals surface area contributed by atoms with Gasteiger partial charge < -0.3 is 5.32 Å². The van der Waals surface area contributed by atoms with Crippen LogP contribution < -0.4 is 5.32 Å². The third kappa shape index (κ3) is 5.52. The summed E-state index contributed by atoms with van der Waals surface area (Å²) >= 11 is 0. The molecule has 1 aromatic heterocycles. The van der Waals surface area contributed by atoms with Gasteiger partial charge in [-0.15, -0.1) is 0 Å². The van der Waals surface area contributed by atoms with Gasteiger partial charge in [-0.05, 0) is 60.3 Å². The van der Waals surface area contributed by atoms with E-state index in [9.17, 15) is 13.6 Å². The van der Waals surface area contributed by atoms with E-state index in [0.29, 0.717) is 25.2 Å². The molecule has 1 atom stereocenters. The van der Waals surface area contributed by atoms with Crippen molar-refractivity contribution < 1.29 is 13.6 Å². The first-order chi connectivity index (χ1) is 15.1. The van der Waals surface area contributed by atoms with Gasteiger partial charge in [0.05, 0.1) is 5.92 Å². The zero-order valence-corrected chi connectivity index (χ0v) is 17.2. The second kappa shape index (κ2) is 9.79. The second-order valence-corrected chi connectivity index (χ2v) is 7.98. The molecule has 2 aromatic carbocycles. The molecule has 1 unspecified atom stereocenters. The summed E-state index contributed by atoms with van der Waals surface area (Å²) in [6, 6.07) is 15.1. The van der Waals surface area contributed by atoms with Crippen LogP contribution in [0.1, 0.15) is 24.0 Å². The van der Waals surface area contributed by atoms with Gasteiger partial charge in [0.1, 0.15) is 11.6 Å². The summed E-state index contributed by atoms with van der Waals surface area (Å²) < 4.78 is 27.4. The number of carbonyl (C=O) groups is 1. The molecule has 31 heavy (non-hydrogen) atoms. The molecular weight excluding hydrogens is 396 g/mol. The maximum atomic E-state index is 14.2. The SMILES string of the molecule is O=C(NCc1cccnc1)C1CCCN(Cc2cccc(-c3ccc(F)cc3F)c2)C1. The fraction of sp³-hybridized carbons (Fsp3) is 0.280. The van der Waals surface area contributed by atoms with Crippen molar-refractivity contribution in [3.63, 3.8) is 0 Å². The summed E-state index contributed by atoms with van der Waals surface area (Å²) in [5.74, 6) is -1.14. The van der Waals surface area contributed by atoms with Crippen LogP contribution in [0, 0.1) is 17.6 Å². The summed E-state index contributed by atoms with van der Waals surface area (Å²) in [7, 11) is 0. The molecule has 0 bridgehead atoms. The van der Waals surface area contributed by atoms with Crippen LogP contribution in [-0.4, -0.2) is 28.9 Å². The van der Waals surface area contributed by atoms with Crippen LogP contribution >= 0.6 is 0 Å². The molecule has 1 fully saturated rings. The first-order valence-corrected chi connectivity index (χ1v) is 10.5. The topological polar surface area (TPSA) is 45.2 Å². The van der Waals surface area contributed by atoms with Crippen molar-refractivity contribution in [2.24, 2.45) is 5.92 Å². The number of likely N-dealkylation sites (tertiary alicyclic amines) is 1. The molecule has 1 N–H and O–H groups in total. The highest BCUT2D eigenvalue weighted by Gasteiger charge is 2.25. The normalized spacial score (nSPS) is 16.8. The molecule has 3 aromatic rings. The highest BCUT2D eigenvalue weighted by molar-refractivity contribution is 5.79. The molecule has 0 aliphatic carbocycles. The first kappa shape index (κ1) is 21.1. The van der Waals surface area contributed by atoms with E-state index >= 15 is 0 Å². The van der Waals surface area contributed by atoms with Gasteiger partial charge in [0.25, 0.3) is 0 Å². The van der Waals surface area contributed by atoms with Crippen molar-refractivity contribution in [3.05, 3.63) is 89.8 Å². The van der Waals surface area contributed by atoms with Crippen molar-refractivity contribution >= 4 is 5.91 Å². The third-order valence-electron chi connectivity index (χ3n) is 5.64. The molecule has 1 saturated heterocycles. The quantitative estimate of drug-likeness (QED) is 0.635. The number of nitrogens with zero attached hydrogens (tertiary/aromatic N) is 2. The predicted molar refractivity (Wildman–Crippen MR) is 116 cm³/mol. The molecule has 1 aliphatic rings. The lowest BCUT2D eigenvalue weighted by molar-refractivity contribution is -0.126. The van der Waals surface area contributed by atoms with Crippen LogP contribution in [0.2, 0.25) is 0 Å². The number of carbonyl (C=O) groups excluding carboxylic acids is 1. The Morgan fingerprint density at radius 3 is 2.77 bits per heavy atom. The Hall–Kier alpha value is -3.12. The molecule has 160 valence electrons. The van der Waals surface area contributed by atoms with Gasteiger partial charge in [-0.3, -0.25) is 14.7 Å². The molecule has 6 heteroatoms.